The standard InChI is InChI=1S/C25H31N5O4S2/c1-2-34-25(33)30-9-7-14(8-10-30)28-17(31)12-13-5-6-15-18(16-4-3-11-35-16)19-20(26)22(23(27)32)36-24(19)29-21(13)15/h3-4,11,13-14,20,22H,2,5-10,12,26H2,1H3,(H2,27,32)(H,28,31). The Morgan fingerprint density at radius 1 is 1.25 bits per heavy atom. The molecule has 0 saturated carbocycles. The van der Waals surface area contributed by atoms with Crippen molar-refractivity contribution in [2.75, 3.05) is 19.7 Å². The zero-order valence-electron chi connectivity index (χ0n) is 20.2. The SMILES string of the molecule is CCOC(=O)N1CCC(NC(=O)CC2CCc3c2nc2c(c3-c3cccs3)C(N)C(C(N)=O)S2)CC1. The van der Waals surface area contributed by atoms with Gasteiger partial charge in [-0.15, -0.1) is 11.3 Å². The number of nitrogens with two attached hydrogens (primary N) is 2. The third kappa shape index (κ3) is 4.71. The highest BCUT2D eigenvalue weighted by molar-refractivity contribution is 8.01. The summed E-state index contributed by atoms with van der Waals surface area (Å²) in [6.45, 7) is 3.30. The molecule has 2 aliphatic heterocycles. The number of thioether (sulfide) groups is 1. The van der Waals surface area contributed by atoms with Gasteiger partial charge in [0.2, 0.25) is 11.8 Å². The first-order valence-electron chi connectivity index (χ1n) is 12.4. The second-order valence-electron chi connectivity index (χ2n) is 9.48. The molecule has 3 atom stereocenters. The second kappa shape index (κ2) is 10.4. The van der Waals surface area contributed by atoms with Gasteiger partial charge in [-0.25, -0.2) is 9.78 Å². The summed E-state index contributed by atoms with van der Waals surface area (Å²) in [4.78, 5) is 44.7. The zero-order valence-corrected chi connectivity index (χ0v) is 21.8. The Kier molecular flexibility index (Phi) is 7.23. The highest BCUT2D eigenvalue weighted by Gasteiger charge is 2.42. The van der Waals surface area contributed by atoms with Gasteiger partial charge in [0.05, 0.1) is 12.6 Å². The minimum absolute atomic E-state index is 0.00164. The molecule has 1 aliphatic carbocycles. The minimum atomic E-state index is -0.545. The van der Waals surface area contributed by atoms with E-state index in [9.17, 15) is 14.4 Å². The fraction of sp³-hybridized carbons (Fsp3) is 0.520. The van der Waals surface area contributed by atoms with Crippen molar-refractivity contribution < 1.29 is 19.1 Å². The van der Waals surface area contributed by atoms with Gasteiger partial charge in [-0.2, -0.15) is 0 Å². The van der Waals surface area contributed by atoms with Crippen LogP contribution in [0.15, 0.2) is 22.5 Å². The molecule has 0 spiro atoms. The zero-order chi connectivity index (χ0) is 25.4. The molecule has 36 heavy (non-hydrogen) atoms. The van der Waals surface area contributed by atoms with E-state index >= 15 is 0 Å². The summed E-state index contributed by atoms with van der Waals surface area (Å²) in [5.74, 6) is -0.428. The average molecular weight is 530 g/mol. The topological polar surface area (TPSA) is 141 Å². The summed E-state index contributed by atoms with van der Waals surface area (Å²) in [7, 11) is 0. The van der Waals surface area contributed by atoms with E-state index in [1.54, 1.807) is 23.2 Å². The van der Waals surface area contributed by atoms with Crippen LogP contribution in [0.4, 0.5) is 4.79 Å². The van der Waals surface area contributed by atoms with Gasteiger partial charge in [0.15, 0.2) is 0 Å². The molecule has 3 unspecified atom stereocenters. The maximum absolute atomic E-state index is 13.0. The minimum Gasteiger partial charge on any atom is -0.450 e. The molecule has 0 bridgehead atoms. The lowest BCUT2D eigenvalue weighted by molar-refractivity contribution is -0.122. The van der Waals surface area contributed by atoms with Crippen molar-refractivity contribution in [1.82, 2.24) is 15.2 Å². The van der Waals surface area contributed by atoms with Crippen molar-refractivity contribution in [3.05, 3.63) is 34.3 Å². The summed E-state index contributed by atoms with van der Waals surface area (Å²) in [6, 6.07) is 3.62. The molecule has 9 nitrogen and oxygen atoms in total. The number of primary amides is 1. The molecule has 4 heterocycles. The third-order valence-corrected chi connectivity index (χ3v) is 9.43. The number of likely N-dealkylation sites (tertiary alicyclic amines) is 1. The van der Waals surface area contributed by atoms with E-state index < -0.39 is 17.2 Å². The van der Waals surface area contributed by atoms with Crippen LogP contribution in [0.3, 0.4) is 0 Å². The highest BCUT2D eigenvalue weighted by Crippen LogP contribution is 2.52. The number of carbonyl (C=O) groups is 3. The summed E-state index contributed by atoms with van der Waals surface area (Å²) in [5.41, 5.74) is 16.2. The maximum atomic E-state index is 13.0. The lowest BCUT2D eigenvalue weighted by atomic mass is 9.93. The van der Waals surface area contributed by atoms with Crippen LogP contribution in [0.2, 0.25) is 0 Å². The van der Waals surface area contributed by atoms with Crippen molar-refractivity contribution in [1.29, 1.82) is 0 Å². The molecule has 1 fully saturated rings. The van der Waals surface area contributed by atoms with Crippen LogP contribution in [0.1, 0.15) is 61.4 Å². The molecule has 0 aromatic carbocycles. The number of amides is 3. The summed E-state index contributed by atoms with van der Waals surface area (Å²) in [5, 5.41) is 5.40. The Labute approximate surface area is 218 Å². The molecule has 2 aromatic heterocycles. The Bertz CT molecular complexity index is 1160. The number of hydrogen-bond acceptors (Lipinski definition) is 8. The predicted octanol–water partition coefficient (Wildman–Crippen LogP) is 2.93. The normalized spacial score (nSPS) is 23.3. The van der Waals surface area contributed by atoms with E-state index in [1.165, 1.54) is 11.8 Å². The van der Waals surface area contributed by atoms with Crippen LogP contribution < -0.4 is 16.8 Å². The fourth-order valence-corrected chi connectivity index (χ4v) is 7.46. The Morgan fingerprint density at radius 2 is 2.03 bits per heavy atom. The fourth-order valence-electron chi connectivity index (χ4n) is 5.49. The van der Waals surface area contributed by atoms with E-state index in [1.807, 2.05) is 11.4 Å². The monoisotopic (exact) mass is 529 g/mol. The number of nitrogens with one attached hydrogen (secondary N) is 1. The second-order valence-corrected chi connectivity index (χ2v) is 11.6. The van der Waals surface area contributed by atoms with E-state index in [-0.39, 0.29) is 24.0 Å². The van der Waals surface area contributed by atoms with Crippen molar-refractivity contribution in [2.45, 2.75) is 67.3 Å². The van der Waals surface area contributed by atoms with E-state index in [0.29, 0.717) is 39.0 Å². The van der Waals surface area contributed by atoms with Gasteiger partial charge < -0.3 is 26.4 Å². The first-order chi connectivity index (χ1) is 17.4. The van der Waals surface area contributed by atoms with Gasteiger partial charge in [0.1, 0.15) is 10.3 Å². The number of fused-ring (bicyclic) bond motifs is 2. The molecule has 192 valence electrons. The van der Waals surface area contributed by atoms with Crippen LogP contribution in [-0.4, -0.2) is 58.8 Å². The molecule has 11 heteroatoms. The molecule has 1 saturated heterocycles. The first-order valence-corrected chi connectivity index (χ1v) is 14.2. The molecular weight excluding hydrogens is 498 g/mol. The van der Waals surface area contributed by atoms with Crippen LogP contribution in [0.5, 0.6) is 0 Å². The number of thiophene rings is 1. The Balaban J connectivity index is 1.31. The summed E-state index contributed by atoms with van der Waals surface area (Å²) >= 11 is 2.97. The van der Waals surface area contributed by atoms with Crippen LogP contribution in [0, 0.1) is 0 Å². The lowest BCUT2D eigenvalue weighted by Gasteiger charge is -2.31. The number of ether oxygens (including phenoxy) is 1. The van der Waals surface area contributed by atoms with Gasteiger partial charge in [-0.1, -0.05) is 17.8 Å². The van der Waals surface area contributed by atoms with E-state index in [0.717, 1.165) is 45.1 Å². The molecule has 5 N–H and O–H groups in total. The number of piperidine rings is 1. The molecule has 0 radical (unpaired) electrons. The van der Waals surface area contributed by atoms with E-state index in [2.05, 4.69) is 11.4 Å². The lowest BCUT2D eigenvalue weighted by Crippen LogP contribution is -2.46. The van der Waals surface area contributed by atoms with Gasteiger partial charge in [0.25, 0.3) is 0 Å². The number of pyridine rings is 1. The number of hydrogen-bond donors (Lipinski definition) is 3. The molecule has 3 amide bonds. The summed E-state index contributed by atoms with van der Waals surface area (Å²) in [6.07, 6.45) is 3.15. The first kappa shape index (κ1) is 25.0. The number of carbonyl (C=O) groups excluding carboxylic acids is 3. The van der Waals surface area contributed by atoms with Crippen molar-refractivity contribution in [2.24, 2.45) is 11.5 Å². The predicted molar refractivity (Wildman–Crippen MR) is 139 cm³/mol. The molecular formula is C25H31N5O4S2. The smallest absolute Gasteiger partial charge is 0.409 e. The third-order valence-electron chi connectivity index (χ3n) is 7.23. The van der Waals surface area contributed by atoms with Crippen LogP contribution in [0.25, 0.3) is 10.4 Å². The Hall–Kier alpha value is -2.63. The maximum Gasteiger partial charge on any atom is 0.409 e. The number of rotatable bonds is 6. The molecule has 2 aromatic rings. The van der Waals surface area contributed by atoms with Crippen LogP contribution in [-0.2, 0) is 20.7 Å². The van der Waals surface area contributed by atoms with Gasteiger partial charge in [-0.05, 0) is 49.6 Å². The number of nitrogens with zero attached hydrogens (tertiary/aromatic N) is 2. The van der Waals surface area contributed by atoms with Gasteiger partial charge in [0, 0.05) is 53.2 Å². The van der Waals surface area contributed by atoms with Gasteiger partial charge >= 0.3 is 6.09 Å². The van der Waals surface area contributed by atoms with Crippen molar-refractivity contribution >= 4 is 41.0 Å². The molecule has 3 aliphatic rings. The van der Waals surface area contributed by atoms with Crippen LogP contribution >= 0.6 is 23.1 Å². The van der Waals surface area contributed by atoms with Crippen molar-refractivity contribution in [3.8, 4) is 10.4 Å². The number of aromatic nitrogens is 1. The van der Waals surface area contributed by atoms with Crippen molar-refractivity contribution in [3.63, 3.8) is 0 Å². The highest BCUT2D eigenvalue weighted by atomic mass is 32.2. The van der Waals surface area contributed by atoms with E-state index in [4.69, 9.17) is 21.2 Å². The quantitative estimate of drug-likeness (QED) is 0.522. The Morgan fingerprint density at radius 3 is 2.69 bits per heavy atom. The summed E-state index contributed by atoms with van der Waals surface area (Å²) < 4.78 is 5.07. The average Bonchev–Trinajstić information content (AvgIpc) is 3.59. The molecule has 5 rings (SSSR count). The largest absolute Gasteiger partial charge is 0.450 e. The van der Waals surface area contributed by atoms with Gasteiger partial charge in [-0.3, -0.25) is 9.59 Å².